The minimum Gasteiger partial charge on any atom is -0.451 e. The second kappa shape index (κ2) is 7.46. The van der Waals surface area contributed by atoms with Crippen LogP contribution in [0.2, 0.25) is 15.1 Å². The van der Waals surface area contributed by atoms with Crippen molar-refractivity contribution < 1.29 is 22.4 Å². The number of halogens is 6. The Morgan fingerprint density at radius 1 is 0.889 bits per heavy atom. The Hall–Kier alpha value is -2.15. The number of carbonyl (C=O) groups is 1. The van der Waals surface area contributed by atoms with Crippen LogP contribution in [0.4, 0.5) is 18.9 Å². The Balaban J connectivity index is 1.84. The van der Waals surface area contributed by atoms with Crippen molar-refractivity contribution in [3.05, 3.63) is 74.9 Å². The number of carbonyl (C=O) groups excluding carboxylic acids is 1. The summed E-state index contributed by atoms with van der Waals surface area (Å²) in [7, 11) is 0. The van der Waals surface area contributed by atoms with E-state index in [1.807, 2.05) is 0 Å². The van der Waals surface area contributed by atoms with Crippen molar-refractivity contribution in [2.75, 3.05) is 5.32 Å². The maximum atomic E-state index is 12.8. The Bertz CT molecular complexity index is 1020. The summed E-state index contributed by atoms with van der Waals surface area (Å²) in [5.74, 6) is -0.513. The molecule has 0 saturated carbocycles. The summed E-state index contributed by atoms with van der Waals surface area (Å²) in [4.78, 5) is 12.3. The van der Waals surface area contributed by atoms with Crippen LogP contribution in [0.15, 0.2) is 52.9 Å². The summed E-state index contributed by atoms with van der Waals surface area (Å²) < 4.78 is 43.9. The number of hydrogen-bond donors (Lipinski definition) is 1. The van der Waals surface area contributed by atoms with E-state index in [2.05, 4.69) is 5.32 Å². The lowest BCUT2D eigenvalue weighted by atomic mass is 10.2. The van der Waals surface area contributed by atoms with Gasteiger partial charge in [-0.3, -0.25) is 4.79 Å². The zero-order valence-corrected chi connectivity index (χ0v) is 15.5. The topological polar surface area (TPSA) is 42.2 Å². The molecule has 2 aromatic carbocycles. The predicted octanol–water partition coefficient (Wildman–Crippen LogP) is 7.18. The number of rotatable bonds is 3. The molecule has 0 atom stereocenters. The highest BCUT2D eigenvalue weighted by atomic mass is 35.5. The molecule has 0 unspecified atom stereocenters. The Morgan fingerprint density at radius 3 is 2.26 bits per heavy atom. The van der Waals surface area contributed by atoms with Gasteiger partial charge >= 0.3 is 6.18 Å². The highest BCUT2D eigenvalue weighted by Gasteiger charge is 2.31. The van der Waals surface area contributed by atoms with Gasteiger partial charge in [-0.25, -0.2) is 0 Å². The summed E-state index contributed by atoms with van der Waals surface area (Å²) in [5.41, 5.74) is -0.525. The van der Waals surface area contributed by atoms with Gasteiger partial charge in [0.25, 0.3) is 5.91 Å². The molecule has 0 aliphatic carbocycles. The average Bonchev–Trinajstić information content (AvgIpc) is 3.08. The molecule has 1 heterocycles. The van der Waals surface area contributed by atoms with Gasteiger partial charge in [0.1, 0.15) is 5.76 Å². The molecule has 0 aliphatic heterocycles. The molecule has 0 bridgehead atoms. The van der Waals surface area contributed by atoms with E-state index in [0.29, 0.717) is 21.4 Å². The van der Waals surface area contributed by atoms with E-state index in [1.165, 1.54) is 12.1 Å². The second-order valence-electron chi connectivity index (χ2n) is 5.44. The van der Waals surface area contributed by atoms with Crippen LogP contribution in [0.1, 0.15) is 16.1 Å². The summed E-state index contributed by atoms with van der Waals surface area (Å²) in [6.07, 6.45) is -4.56. The van der Waals surface area contributed by atoms with E-state index >= 15 is 0 Å². The lowest BCUT2D eigenvalue weighted by Gasteiger charge is -2.11. The van der Waals surface area contributed by atoms with Crippen LogP contribution >= 0.6 is 34.8 Å². The third-order valence-electron chi connectivity index (χ3n) is 3.58. The molecule has 140 valence electrons. The number of furan rings is 1. The molecule has 3 aromatic rings. The molecular formula is C18H9Cl3F3NO2. The van der Waals surface area contributed by atoms with E-state index in [4.69, 9.17) is 39.2 Å². The lowest BCUT2D eigenvalue weighted by molar-refractivity contribution is -0.137. The third-order valence-corrected chi connectivity index (χ3v) is 4.64. The molecule has 0 spiro atoms. The standard InChI is InChI=1S/C18H9Cl3F3NO2/c19-11-3-1-9(7-13(11)21)15-5-6-16(27-15)17(26)25-14-8-10(18(22,23)24)2-4-12(14)20/h1-8H,(H,25,26). The summed E-state index contributed by atoms with van der Waals surface area (Å²) >= 11 is 17.7. The van der Waals surface area contributed by atoms with Gasteiger partial charge in [0.05, 0.1) is 26.3 Å². The van der Waals surface area contributed by atoms with Crippen LogP contribution in [0.25, 0.3) is 11.3 Å². The number of amides is 1. The summed E-state index contributed by atoms with van der Waals surface area (Å²) in [6.45, 7) is 0. The zero-order valence-electron chi connectivity index (χ0n) is 13.2. The molecular weight excluding hydrogens is 426 g/mol. The van der Waals surface area contributed by atoms with E-state index in [-0.39, 0.29) is 16.5 Å². The largest absolute Gasteiger partial charge is 0.451 e. The van der Waals surface area contributed by atoms with Crippen LogP contribution in [0.5, 0.6) is 0 Å². The van der Waals surface area contributed by atoms with E-state index < -0.39 is 17.6 Å². The van der Waals surface area contributed by atoms with Gasteiger partial charge in [-0.15, -0.1) is 0 Å². The monoisotopic (exact) mass is 433 g/mol. The molecule has 27 heavy (non-hydrogen) atoms. The summed E-state index contributed by atoms with van der Waals surface area (Å²) in [5, 5.41) is 2.96. The molecule has 1 amide bonds. The average molecular weight is 435 g/mol. The van der Waals surface area contributed by atoms with Crippen LogP contribution in [-0.4, -0.2) is 5.91 Å². The molecule has 1 N–H and O–H groups in total. The minimum atomic E-state index is -4.56. The van der Waals surface area contributed by atoms with Crippen LogP contribution in [-0.2, 0) is 6.18 Å². The smallest absolute Gasteiger partial charge is 0.416 e. The third kappa shape index (κ3) is 4.40. The molecule has 0 fully saturated rings. The summed E-state index contributed by atoms with van der Waals surface area (Å²) in [6, 6.07) is 10.3. The number of anilines is 1. The zero-order chi connectivity index (χ0) is 19.8. The van der Waals surface area contributed by atoms with Gasteiger partial charge in [-0.2, -0.15) is 13.2 Å². The second-order valence-corrected chi connectivity index (χ2v) is 6.66. The van der Waals surface area contributed by atoms with E-state index in [1.54, 1.807) is 18.2 Å². The van der Waals surface area contributed by atoms with Gasteiger partial charge in [-0.1, -0.05) is 34.8 Å². The first-order chi connectivity index (χ1) is 12.6. The van der Waals surface area contributed by atoms with Gasteiger partial charge < -0.3 is 9.73 Å². The first-order valence-corrected chi connectivity index (χ1v) is 8.52. The number of alkyl halides is 3. The van der Waals surface area contributed by atoms with Crippen molar-refractivity contribution >= 4 is 46.4 Å². The predicted molar refractivity (Wildman–Crippen MR) is 98.6 cm³/mol. The van der Waals surface area contributed by atoms with Crippen molar-refractivity contribution in [1.29, 1.82) is 0 Å². The van der Waals surface area contributed by atoms with Gasteiger partial charge in [0, 0.05) is 5.56 Å². The molecule has 3 nitrogen and oxygen atoms in total. The number of benzene rings is 2. The highest BCUT2D eigenvalue weighted by molar-refractivity contribution is 6.42. The van der Waals surface area contributed by atoms with Crippen LogP contribution in [0.3, 0.4) is 0 Å². The van der Waals surface area contributed by atoms with Gasteiger partial charge in [0.2, 0.25) is 0 Å². The number of nitrogens with one attached hydrogen (secondary N) is 1. The molecule has 0 radical (unpaired) electrons. The van der Waals surface area contributed by atoms with Gasteiger partial charge in [-0.05, 0) is 48.5 Å². The fraction of sp³-hybridized carbons (Fsp3) is 0.0556. The first kappa shape index (κ1) is 19.6. The normalized spacial score (nSPS) is 11.5. The Labute approximate surface area is 166 Å². The molecule has 0 aliphatic rings. The number of hydrogen-bond acceptors (Lipinski definition) is 2. The quantitative estimate of drug-likeness (QED) is 0.474. The van der Waals surface area contributed by atoms with Crippen molar-refractivity contribution in [2.45, 2.75) is 6.18 Å². The molecule has 1 aromatic heterocycles. The molecule has 9 heteroatoms. The maximum Gasteiger partial charge on any atom is 0.416 e. The highest BCUT2D eigenvalue weighted by Crippen LogP contribution is 2.34. The Morgan fingerprint density at radius 2 is 1.59 bits per heavy atom. The SMILES string of the molecule is O=C(Nc1cc(C(F)(F)F)ccc1Cl)c1ccc(-c2ccc(Cl)c(Cl)c2)o1. The van der Waals surface area contributed by atoms with Crippen molar-refractivity contribution in [3.63, 3.8) is 0 Å². The lowest BCUT2D eigenvalue weighted by Crippen LogP contribution is -2.13. The first-order valence-electron chi connectivity index (χ1n) is 7.38. The van der Waals surface area contributed by atoms with Crippen molar-refractivity contribution in [1.82, 2.24) is 0 Å². The molecule has 3 rings (SSSR count). The maximum absolute atomic E-state index is 12.8. The van der Waals surface area contributed by atoms with Gasteiger partial charge in [0.15, 0.2) is 5.76 Å². The van der Waals surface area contributed by atoms with Crippen LogP contribution in [0, 0.1) is 0 Å². The fourth-order valence-corrected chi connectivity index (χ4v) is 2.71. The molecule has 0 saturated heterocycles. The van der Waals surface area contributed by atoms with Crippen LogP contribution < -0.4 is 5.32 Å². The fourth-order valence-electron chi connectivity index (χ4n) is 2.25. The minimum absolute atomic E-state index is 0.0346. The Kier molecular flexibility index (Phi) is 5.42. The van der Waals surface area contributed by atoms with Crippen molar-refractivity contribution in [2.24, 2.45) is 0 Å². The van der Waals surface area contributed by atoms with E-state index in [9.17, 15) is 18.0 Å². The van der Waals surface area contributed by atoms with E-state index in [0.717, 1.165) is 18.2 Å². The van der Waals surface area contributed by atoms with Crippen molar-refractivity contribution in [3.8, 4) is 11.3 Å².